The predicted octanol–water partition coefficient (Wildman–Crippen LogP) is 2.35. The molecule has 5 nitrogen and oxygen atoms in total. The number of aryl methyl sites for hydroxylation is 1. The van der Waals surface area contributed by atoms with E-state index in [4.69, 9.17) is 4.74 Å². The molecule has 1 fully saturated rings. The van der Waals surface area contributed by atoms with Crippen molar-refractivity contribution in [3.05, 3.63) is 29.8 Å². The Hall–Kier alpha value is -1.88. The standard InChI is InChI=1S/C17H24N2O3/c1-13-6-8-14(9-7-13)18-16(20)11-17(21)19(2)12-15-5-3-4-10-22-15/h6-9,15H,3-5,10-12H2,1-2H3,(H,18,20). The zero-order valence-corrected chi connectivity index (χ0v) is 13.3. The van der Waals surface area contributed by atoms with Crippen molar-refractivity contribution in [1.82, 2.24) is 4.90 Å². The fourth-order valence-electron chi connectivity index (χ4n) is 2.47. The Labute approximate surface area is 131 Å². The van der Waals surface area contributed by atoms with Crippen LogP contribution < -0.4 is 5.32 Å². The predicted molar refractivity (Wildman–Crippen MR) is 85.7 cm³/mol. The third-order valence-electron chi connectivity index (χ3n) is 3.82. The van der Waals surface area contributed by atoms with Gasteiger partial charge in [0.25, 0.3) is 0 Å². The highest BCUT2D eigenvalue weighted by molar-refractivity contribution is 6.03. The van der Waals surface area contributed by atoms with E-state index in [1.54, 1.807) is 11.9 Å². The lowest BCUT2D eigenvalue weighted by Gasteiger charge is -2.27. The lowest BCUT2D eigenvalue weighted by atomic mass is 10.1. The van der Waals surface area contributed by atoms with E-state index in [-0.39, 0.29) is 24.3 Å². The molecular weight excluding hydrogens is 280 g/mol. The fourth-order valence-corrected chi connectivity index (χ4v) is 2.47. The maximum Gasteiger partial charge on any atom is 0.233 e. The first kappa shape index (κ1) is 16.5. The van der Waals surface area contributed by atoms with Gasteiger partial charge in [-0.15, -0.1) is 0 Å². The number of carbonyl (C=O) groups excluding carboxylic acids is 2. The van der Waals surface area contributed by atoms with Gasteiger partial charge in [-0.1, -0.05) is 17.7 Å². The Morgan fingerprint density at radius 1 is 1.27 bits per heavy atom. The van der Waals surface area contributed by atoms with Gasteiger partial charge in [0.05, 0.1) is 6.10 Å². The molecule has 1 aliphatic rings. The summed E-state index contributed by atoms with van der Waals surface area (Å²) in [5.74, 6) is -0.468. The maximum atomic E-state index is 12.1. The summed E-state index contributed by atoms with van der Waals surface area (Å²) < 4.78 is 5.62. The molecule has 5 heteroatoms. The van der Waals surface area contributed by atoms with Crippen LogP contribution in [0.5, 0.6) is 0 Å². The van der Waals surface area contributed by atoms with Gasteiger partial charge >= 0.3 is 0 Å². The first-order valence-corrected chi connectivity index (χ1v) is 7.76. The highest BCUT2D eigenvalue weighted by atomic mass is 16.5. The van der Waals surface area contributed by atoms with Gasteiger partial charge < -0.3 is 15.0 Å². The minimum Gasteiger partial charge on any atom is -0.376 e. The molecule has 120 valence electrons. The summed E-state index contributed by atoms with van der Waals surface area (Å²) in [6.45, 7) is 3.30. The van der Waals surface area contributed by atoms with Gasteiger partial charge in [0.15, 0.2) is 0 Å². The highest BCUT2D eigenvalue weighted by Crippen LogP contribution is 2.14. The van der Waals surface area contributed by atoms with Gasteiger partial charge in [-0.3, -0.25) is 9.59 Å². The smallest absolute Gasteiger partial charge is 0.233 e. The summed E-state index contributed by atoms with van der Waals surface area (Å²) >= 11 is 0. The second-order valence-corrected chi connectivity index (χ2v) is 5.85. The molecule has 1 heterocycles. The first-order chi connectivity index (χ1) is 10.5. The van der Waals surface area contributed by atoms with Gasteiger partial charge in [0.1, 0.15) is 6.42 Å². The van der Waals surface area contributed by atoms with Gasteiger partial charge in [0, 0.05) is 25.9 Å². The molecule has 1 unspecified atom stereocenters. The van der Waals surface area contributed by atoms with E-state index in [0.29, 0.717) is 12.2 Å². The Bertz CT molecular complexity index is 507. The number of carbonyl (C=O) groups is 2. The third kappa shape index (κ3) is 5.15. The number of nitrogens with one attached hydrogen (secondary N) is 1. The summed E-state index contributed by atoms with van der Waals surface area (Å²) in [5.41, 5.74) is 1.84. The molecular formula is C17H24N2O3. The van der Waals surface area contributed by atoms with Crippen LogP contribution in [0.4, 0.5) is 5.69 Å². The van der Waals surface area contributed by atoms with Gasteiger partial charge in [-0.2, -0.15) is 0 Å². The third-order valence-corrected chi connectivity index (χ3v) is 3.82. The fraction of sp³-hybridized carbons (Fsp3) is 0.529. The number of nitrogens with zero attached hydrogens (tertiary/aromatic N) is 1. The van der Waals surface area contributed by atoms with E-state index in [1.165, 1.54) is 0 Å². The number of amides is 2. The maximum absolute atomic E-state index is 12.1. The van der Waals surface area contributed by atoms with Crippen molar-refractivity contribution in [3.8, 4) is 0 Å². The van der Waals surface area contributed by atoms with Crippen molar-refractivity contribution in [2.45, 2.75) is 38.7 Å². The average molecular weight is 304 g/mol. The average Bonchev–Trinajstić information content (AvgIpc) is 2.50. The monoisotopic (exact) mass is 304 g/mol. The molecule has 0 radical (unpaired) electrons. The van der Waals surface area contributed by atoms with Crippen molar-refractivity contribution in [3.63, 3.8) is 0 Å². The van der Waals surface area contributed by atoms with Crippen molar-refractivity contribution >= 4 is 17.5 Å². The van der Waals surface area contributed by atoms with E-state index in [0.717, 1.165) is 31.4 Å². The zero-order chi connectivity index (χ0) is 15.9. The Morgan fingerprint density at radius 3 is 2.64 bits per heavy atom. The van der Waals surface area contributed by atoms with Gasteiger partial charge in [0.2, 0.25) is 11.8 Å². The molecule has 1 atom stereocenters. The Balaban J connectivity index is 1.77. The molecule has 1 N–H and O–H groups in total. The second-order valence-electron chi connectivity index (χ2n) is 5.85. The number of rotatable bonds is 5. The molecule has 1 aliphatic heterocycles. The highest BCUT2D eigenvalue weighted by Gasteiger charge is 2.20. The number of hydrogen-bond donors (Lipinski definition) is 1. The van der Waals surface area contributed by atoms with Gasteiger partial charge in [-0.25, -0.2) is 0 Å². The van der Waals surface area contributed by atoms with Crippen LogP contribution in [0.1, 0.15) is 31.2 Å². The minimum absolute atomic E-state index is 0.0999. The van der Waals surface area contributed by atoms with Crippen LogP contribution in [0.15, 0.2) is 24.3 Å². The molecule has 0 bridgehead atoms. The van der Waals surface area contributed by atoms with E-state index in [2.05, 4.69) is 5.32 Å². The summed E-state index contributed by atoms with van der Waals surface area (Å²) in [4.78, 5) is 25.6. The Kier molecular flexibility index (Phi) is 5.95. The van der Waals surface area contributed by atoms with Crippen LogP contribution >= 0.6 is 0 Å². The lowest BCUT2D eigenvalue weighted by Crippen LogP contribution is -2.38. The summed E-state index contributed by atoms with van der Waals surface area (Å²) in [7, 11) is 1.72. The topological polar surface area (TPSA) is 58.6 Å². The molecule has 1 aromatic rings. The molecule has 1 aromatic carbocycles. The summed E-state index contributed by atoms with van der Waals surface area (Å²) in [6.07, 6.45) is 3.17. The number of anilines is 1. The Morgan fingerprint density at radius 2 is 2.00 bits per heavy atom. The summed E-state index contributed by atoms with van der Waals surface area (Å²) in [5, 5.41) is 2.74. The molecule has 0 aromatic heterocycles. The van der Waals surface area contributed by atoms with Gasteiger partial charge in [-0.05, 0) is 38.3 Å². The van der Waals surface area contributed by atoms with E-state index < -0.39 is 0 Å². The van der Waals surface area contributed by atoms with Crippen LogP contribution in [0.2, 0.25) is 0 Å². The number of ether oxygens (including phenoxy) is 1. The van der Waals surface area contributed by atoms with Crippen LogP contribution in [0.25, 0.3) is 0 Å². The van der Waals surface area contributed by atoms with Crippen molar-refractivity contribution in [1.29, 1.82) is 0 Å². The minimum atomic E-state index is -0.287. The molecule has 0 spiro atoms. The van der Waals surface area contributed by atoms with Crippen molar-refractivity contribution < 1.29 is 14.3 Å². The van der Waals surface area contributed by atoms with Crippen molar-refractivity contribution in [2.24, 2.45) is 0 Å². The molecule has 2 rings (SSSR count). The quantitative estimate of drug-likeness (QED) is 0.850. The van der Waals surface area contributed by atoms with E-state index in [9.17, 15) is 9.59 Å². The largest absolute Gasteiger partial charge is 0.376 e. The molecule has 1 saturated heterocycles. The molecule has 0 aliphatic carbocycles. The summed E-state index contributed by atoms with van der Waals surface area (Å²) in [6, 6.07) is 7.50. The lowest BCUT2D eigenvalue weighted by molar-refractivity contribution is -0.135. The van der Waals surface area contributed by atoms with Crippen LogP contribution in [-0.4, -0.2) is 43.0 Å². The first-order valence-electron chi connectivity index (χ1n) is 7.76. The number of hydrogen-bond acceptors (Lipinski definition) is 3. The molecule has 2 amide bonds. The number of likely N-dealkylation sites (N-methyl/N-ethyl adjacent to an activating group) is 1. The zero-order valence-electron chi connectivity index (χ0n) is 13.3. The SMILES string of the molecule is Cc1ccc(NC(=O)CC(=O)N(C)CC2CCCCO2)cc1. The second kappa shape index (κ2) is 7.94. The van der Waals surface area contributed by atoms with Crippen LogP contribution in [0.3, 0.4) is 0 Å². The van der Waals surface area contributed by atoms with Crippen molar-refractivity contribution in [2.75, 3.05) is 25.5 Å². The van der Waals surface area contributed by atoms with E-state index in [1.807, 2.05) is 31.2 Å². The molecule has 0 saturated carbocycles. The van der Waals surface area contributed by atoms with Crippen LogP contribution in [-0.2, 0) is 14.3 Å². The number of benzene rings is 1. The van der Waals surface area contributed by atoms with Crippen LogP contribution in [0, 0.1) is 6.92 Å². The normalized spacial score (nSPS) is 17.8. The van der Waals surface area contributed by atoms with E-state index >= 15 is 0 Å². The molecule has 22 heavy (non-hydrogen) atoms.